The van der Waals surface area contributed by atoms with Crippen LogP contribution in [0.3, 0.4) is 0 Å². The summed E-state index contributed by atoms with van der Waals surface area (Å²) in [5, 5.41) is 3.02. The molecule has 0 saturated heterocycles. The summed E-state index contributed by atoms with van der Waals surface area (Å²) in [4.78, 5) is 12.2. The van der Waals surface area contributed by atoms with E-state index in [1.165, 1.54) is 0 Å². The lowest BCUT2D eigenvalue weighted by atomic mass is 10.1. The highest BCUT2D eigenvalue weighted by Gasteiger charge is 2.13. The predicted octanol–water partition coefficient (Wildman–Crippen LogP) is 3.79. The van der Waals surface area contributed by atoms with Crippen LogP contribution in [0.25, 0.3) is 0 Å². The van der Waals surface area contributed by atoms with E-state index in [1.807, 2.05) is 0 Å². The number of rotatable bonds is 9. The van der Waals surface area contributed by atoms with Gasteiger partial charge in [-0.1, -0.05) is 27.2 Å². The van der Waals surface area contributed by atoms with E-state index in [4.69, 9.17) is 9.47 Å². The van der Waals surface area contributed by atoms with Gasteiger partial charge in [-0.3, -0.25) is 4.79 Å². The zero-order valence-corrected chi connectivity index (χ0v) is 13.6. The zero-order valence-electron chi connectivity index (χ0n) is 13.6. The monoisotopic (exact) mass is 293 g/mol. The van der Waals surface area contributed by atoms with Crippen molar-refractivity contribution in [3.05, 3.63) is 23.8 Å². The van der Waals surface area contributed by atoms with Gasteiger partial charge >= 0.3 is 0 Å². The summed E-state index contributed by atoms with van der Waals surface area (Å²) < 4.78 is 11.0. The van der Waals surface area contributed by atoms with Gasteiger partial charge in [-0.2, -0.15) is 0 Å². The van der Waals surface area contributed by atoms with Gasteiger partial charge in [-0.15, -0.1) is 0 Å². The Kier molecular flexibility index (Phi) is 7.65. The lowest BCUT2D eigenvalue weighted by Crippen LogP contribution is -2.33. The summed E-state index contributed by atoms with van der Waals surface area (Å²) >= 11 is 0. The highest BCUT2D eigenvalue weighted by atomic mass is 16.5. The summed E-state index contributed by atoms with van der Waals surface area (Å²) in [6, 6.07) is 5.53. The third-order valence-corrected chi connectivity index (χ3v) is 3.50. The fraction of sp³-hybridized carbons (Fsp3) is 0.588. The summed E-state index contributed by atoms with van der Waals surface area (Å²) in [7, 11) is 1.59. The Morgan fingerprint density at radius 3 is 2.48 bits per heavy atom. The molecular weight excluding hydrogens is 266 g/mol. The first kappa shape index (κ1) is 17.3. The average Bonchev–Trinajstić information content (AvgIpc) is 2.52. The molecule has 0 bridgehead atoms. The molecule has 118 valence electrons. The Morgan fingerprint density at radius 1 is 1.19 bits per heavy atom. The van der Waals surface area contributed by atoms with Crippen LogP contribution in [0.2, 0.25) is 0 Å². The minimum atomic E-state index is -0.0675. The second-order valence-corrected chi connectivity index (χ2v) is 5.05. The first-order chi connectivity index (χ1) is 10.2. The fourth-order valence-electron chi connectivity index (χ4n) is 2.02. The van der Waals surface area contributed by atoms with Gasteiger partial charge in [0.05, 0.1) is 13.7 Å². The van der Waals surface area contributed by atoms with Crippen LogP contribution in [0.4, 0.5) is 0 Å². The van der Waals surface area contributed by atoms with Gasteiger partial charge < -0.3 is 14.8 Å². The third kappa shape index (κ3) is 5.29. The minimum Gasteiger partial charge on any atom is -0.493 e. The maximum absolute atomic E-state index is 12.2. The molecule has 0 aliphatic carbocycles. The molecule has 0 saturated carbocycles. The Hall–Kier alpha value is -1.71. The number of amides is 1. The number of ether oxygens (including phenoxy) is 2. The standard InChI is InChI=1S/C17H27NO3/c1-5-8-11-21-15-10-9-13(12-16(15)20-4)17(19)18-14(6-2)7-3/h9-10,12,14H,5-8,11H2,1-4H3,(H,18,19). The number of carbonyl (C=O) groups is 1. The van der Waals surface area contributed by atoms with Gasteiger partial charge in [0, 0.05) is 11.6 Å². The molecule has 0 atom stereocenters. The molecule has 0 fully saturated rings. The second kappa shape index (κ2) is 9.27. The van der Waals surface area contributed by atoms with Crippen molar-refractivity contribution in [2.75, 3.05) is 13.7 Å². The SMILES string of the molecule is CCCCOc1ccc(C(=O)NC(CC)CC)cc1OC. The molecular formula is C17H27NO3. The first-order valence-corrected chi connectivity index (χ1v) is 7.77. The minimum absolute atomic E-state index is 0.0675. The van der Waals surface area contributed by atoms with Gasteiger partial charge in [0.2, 0.25) is 0 Å². The van der Waals surface area contributed by atoms with Crippen LogP contribution in [0.1, 0.15) is 56.8 Å². The van der Waals surface area contributed by atoms with Crippen molar-refractivity contribution >= 4 is 5.91 Å². The molecule has 0 unspecified atom stereocenters. The Labute approximate surface area is 127 Å². The number of nitrogens with one attached hydrogen (secondary N) is 1. The molecule has 0 spiro atoms. The molecule has 1 N–H and O–H groups in total. The van der Waals surface area contributed by atoms with Crippen molar-refractivity contribution < 1.29 is 14.3 Å². The molecule has 0 heterocycles. The molecule has 4 nitrogen and oxygen atoms in total. The summed E-state index contributed by atoms with van der Waals surface area (Å²) in [6.07, 6.45) is 3.94. The van der Waals surface area contributed by atoms with Gasteiger partial charge in [-0.25, -0.2) is 0 Å². The van der Waals surface area contributed by atoms with Crippen LogP contribution in [-0.2, 0) is 0 Å². The van der Waals surface area contributed by atoms with Crippen molar-refractivity contribution in [3.8, 4) is 11.5 Å². The number of unbranched alkanes of at least 4 members (excludes halogenated alkanes) is 1. The number of hydrogen-bond donors (Lipinski definition) is 1. The Morgan fingerprint density at radius 2 is 1.90 bits per heavy atom. The molecule has 4 heteroatoms. The van der Waals surface area contributed by atoms with Gasteiger partial charge in [0.25, 0.3) is 5.91 Å². The number of benzene rings is 1. The normalized spacial score (nSPS) is 10.5. The number of methoxy groups -OCH3 is 1. The lowest BCUT2D eigenvalue weighted by molar-refractivity contribution is 0.0934. The highest BCUT2D eigenvalue weighted by Crippen LogP contribution is 2.28. The molecule has 1 amide bonds. The molecule has 0 aliphatic rings. The summed E-state index contributed by atoms with van der Waals surface area (Å²) in [5.41, 5.74) is 0.599. The summed E-state index contributed by atoms with van der Waals surface area (Å²) in [6.45, 7) is 6.91. The van der Waals surface area contributed by atoms with Crippen LogP contribution < -0.4 is 14.8 Å². The van der Waals surface area contributed by atoms with E-state index in [2.05, 4.69) is 26.1 Å². The van der Waals surface area contributed by atoms with Crippen molar-refractivity contribution in [2.45, 2.75) is 52.5 Å². The quantitative estimate of drug-likeness (QED) is 0.705. The van der Waals surface area contributed by atoms with E-state index in [0.717, 1.165) is 25.7 Å². The lowest BCUT2D eigenvalue weighted by Gasteiger charge is -2.16. The van der Waals surface area contributed by atoms with Crippen LogP contribution in [0, 0.1) is 0 Å². The maximum Gasteiger partial charge on any atom is 0.251 e. The van der Waals surface area contributed by atoms with Gasteiger partial charge in [0.15, 0.2) is 11.5 Å². The molecule has 1 aromatic rings. The van der Waals surface area contributed by atoms with Crippen molar-refractivity contribution in [1.82, 2.24) is 5.32 Å². The largest absolute Gasteiger partial charge is 0.493 e. The molecule has 1 rings (SSSR count). The highest BCUT2D eigenvalue weighted by molar-refractivity contribution is 5.95. The molecule has 21 heavy (non-hydrogen) atoms. The van der Waals surface area contributed by atoms with Gasteiger partial charge in [-0.05, 0) is 37.5 Å². The van der Waals surface area contributed by atoms with Crippen molar-refractivity contribution in [1.29, 1.82) is 0 Å². The molecule has 0 aliphatic heterocycles. The Balaban J connectivity index is 2.78. The van der Waals surface area contributed by atoms with E-state index in [9.17, 15) is 4.79 Å². The van der Waals surface area contributed by atoms with Gasteiger partial charge in [0.1, 0.15) is 0 Å². The molecule has 0 radical (unpaired) electrons. The second-order valence-electron chi connectivity index (χ2n) is 5.05. The number of carbonyl (C=O) groups excluding carboxylic acids is 1. The zero-order chi connectivity index (χ0) is 15.7. The van der Waals surface area contributed by atoms with Crippen molar-refractivity contribution in [3.63, 3.8) is 0 Å². The third-order valence-electron chi connectivity index (χ3n) is 3.50. The topological polar surface area (TPSA) is 47.6 Å². The van der Waals surface area contributed by atoms with Crippen LogP contribution in [0.5, 0.6) is 11.5 Å². The number of hydrogen-bond acceptors (Lipinski definition) is 3. The van der Waals surface area contributed by atoms with Crippen molar-refractivity contribution in [2.24, 2.45) is 0 Å². The summed E-state index contributed by atoms with van der Waals surface area (Å²) in [5.74, 6) is 1.22. The fourth-order valence-corrected chi connectivity index (χ4v) is 2.02. The van der Waals surface area contributed by atoms with E-state index >= 15 is 0 Å². The first-order valence-electron chi connectivity index (χ1n) is 7.77. The van der Waals surface area contributed by atoms with E-state index in [0.29, 0.717) is 23.7 Å². The molecule has 0 aromatic heterocycles. The van der Waals surface area contributed by atoms with E-state index in [-0.39, 0.29) is 11.9 Å². The molecule has 1 aromatic carbocycles. The van der Waals surface area contributed by atoms with E-state index in [1.54, 1.807) is 25.3 Å². The van der Waals surface area contributed by atoms with E-state index < -0.39 is 0 Å². The smallest absolute Gasteiger partial charge is 0.251 e. The maximum atomic E-state index is 12.2. The van der Waals surface area contributed by atoms with Crippen LogP contribution in [-0.4, -0.2) is 25.7 Å². The Bertz CT molecular complexity index is 442. The van der Waals surface area contributed by atoms with Crippen LogP contribution in [0.15, 0.2) is 18.2 Å². The predicted molar refractivity (Wildman–Crippen MR) is 85.2 cm³/mol. The average molecular weight is 293 g/mol. The van der Waals surface area contributed by atoms with Crippen LogP contribution >= 0.6 is 0 Å².